The molecule has 8 heteroatoms. The fraction of sp³-hybridized carbons (Fsp3) is 0.381. The first-order valence-electron chi connectivity index (χ1n) is 9.73. The van der Waals surface area contributed by atoms with Crippen molar-refractivity contribution >= 4 is 29.0 Å². The summed E-state index contributed by atoms with van der Waals surface area (Å²) >= 11 is 3.13. The molecule has 29 heavy (non-hydrogen) atoms. The average Bonchev–Trinajstić information content (AvgIpc) is 3.47. The zero-order valence-electron chi connectivity index (χ0n) is 16.3. The van der Waals surface area contributed by atoms with Gasteiger partial charge in [0.05, 0.1) is 24.1 Å². The first-order valence-corrected chi connectivity index (χ1v) is 11.6. The smallest absolute Gasteiger partial charge is 0.261 e. The van der Waals surface area contributed by atoms with Crippen LogP contribution in [0.2, 0.25) is 0 Å². The summed E-state index contributed by atoms with van der Waals surface area (Å²) in [4.78, 5) is 13.2. The molecule has 1 unspecified atom stereocenters. The molecule has 0 spiro atoms. The van der Waals surface area contributed by atoms with Crippen LogP contribution in [-0.2, 0) is 17.8 Å². The third-order valence-corrected chi connectivity index (χ3v) is 6.99. The molecule has 3 aromatic rings. The molecule has 3 heterocycles. The number of benzene rings is 1. The van der Waals surface area contributed by atoms with Crippen molar-refractivity contribution in [3.8, 4) is 0 Å². The van der Waals surface area contributed by atoms with Crippen molar-refractivity contribution in [2.75, 3.05) is 12.4 Å². The molecular formula is C21H24N4O2S2. The van der Waals surface area contributed by atoms with E-state index in [-0.39, 0.29) is 12.0 Å². The summed E-state index contributed by atoms with van der Waals surface area (Å²) in [5.41, 5.74) is 2.17. The van der Waals surface area contributed by atoms with Gasteiger partial charge in [-0.2, -0.15) is 0 Å². The highest BCUT2D eigenvalue weighted by molar-refractivity contribution is 7.99. The third-order valence-electron chi connectivity index (χ3n) is 4.87. The van der Waals surface area contributed by atoms with Crippen LogP contribution in [0.15, 0.2) is 46.9 Å². The molecule has 0 radical (unpaired) electrons. The van der Waals surface area contributed by atoms with Gasteiger partial charge in [-0.05, 0) is 42.3 Å². The van der Waals surface area contributed by atoms with E-state index < -0.39 is 0 Å². The quantitative estimate of drug-likeness (QED) is 0.551. The van der Waals surface area contributed by atoms with Crippen molar-refractivity contribution in [2.24, 2.45) is 0 Å². The minimum Gasteiger partial charge on any atom is -0.377 e. The fourth-order valence-electron chi connectivity index (χ4n) is 3.27. The van der Waals surface area contributed by atoms with Crippen LogP contribution in [0.3, 0.4) is 0 Å². The predicted molar refractivity (Wildman–Crippen MR) is 115 cm³/mol. The van der Waals surface area contributed by atoms with Gasteiger partial charge in [-0.3, -0.25) is 4.79 Å². The molecule has 152 valence electrons. The van der Waals surface area contributed by atoms with Crippen LogP contribution in [0.5, 0.6) is 0 Å². The Kier molecular flexibility index (Phi) is 6.63. The van der Waals surface area contributed by atoms with Gasteiger partial charge < -0.3 is 14.6 Å². The van der Waals surface area contributed by atoms with Gasteiger partial charge in [-0.15, -0.1) is 21.5 Å². The maximum atomic E-state index is 12.5. The second-order valence-electron chi connectivity index (χ2n) is 7.03. The molecule has 1 amide bonds. The van der Waals surface area contributed by atoms with Gasteiger partial charge in [0.1, 0.15) is 0 Å². The number of carbonyl (C=O) groups is 1. The monoisotopic (exact) mass is 428 g/mol. The first kappa shape index (κ1) is 20.1. The SMILES string of the molecule is Cc1ccsc1C(=O)NCc1nnc(SCC2CCCO2)n1Cc1ccccc1. The Hall–Kier alpha value is -2.16. The van der Waals surface area contributed by atoms with Crippen LogP contribution < -0.4 is 5.32 Å². The van der Waals surface area contributed by atoms with E-state index in [0.29, 0.717) is 13.1 Å². The Balaban J connectivity index is 1.48. The number of amides is 1. The number of rotatable bonds is 8. The van der Waals surface area contributed by atoms with E-state index in [9.17, 15) is 4.79 Å². The van der Waals surface area contributed by atoms with Crippen molar-refractivity contribution in [3.63, 3.8) is 0 Å². The normalized spacial score (nSPS) is 16.2. The molecule has 1 aliphatic heterocycles. The average molecular weight is 429 g/mol. The van der Waals surface area contributed by atoms with Crippen LogP contribution in [0.1, 0.15) is 39.5 Å². The predicted octanol–water partition coefficient (Wildman–Crippen LogP) is 3.90. The van der Waals surface area contributed by atoms with Crippen LogP contribution >= 0.6 is 23.1 Å². The Bertz CT molecular complexity index is 949. The number of nitrogens with zero attached hydrogens (tertiary/aromatic N) is 3. The Morgan fingerprint density at radius 2 is 2.17 bits per heavy atom. The summed E-state index contributed by atoms with van der Waals surface area (Å²) in [6.07, 6.45) is 2.51. The Labute approximate surface area is 178 Å². The first-order chi connectivity index (χ1) is 14.2. The number of aryl methyl sites for hydroxylation is 1. The van der Waals surface area contributed by atoms with Gasteiger partial charge >= 0.3 is 0 Å². The zero-order chi connectivity index (χ0) is 20.1. The number of aromatic nitrogens is 3. The minimum absolute atomic E-state index is 0.0691. The minimum atomic E-state index is -0.0691. The second kappa shape index (κ2) is 9.56. The fourth-order valence-corrected chi connectivity index (χ4v) is 5.13. The van der Waals surface area contributed by atoms with Crippen LogP contribution in [-0.4, -0.2) is 39.1 Å². The lowest BCUT2D eigenvalue weighted by atomic mass is 10.2. The number of thiophene rings is 1. The molecule has 0 bridgehead atoms. The number of ether oxygens (including phenoxy) is 1. The molecule has 1 aromatic carbocycles. The van der Waals surface area contributed by atoms with E-state index in [1.807, 2.05) is 36.6 Å². The van der Waals surface area contributed by atoms with Gasteiger partial charge in [0.25, 0.3) is 5.91 Å². The van der Waals surface area contributed by atoms with Gasteiger partial charge in [-0.1, -0.05) is 42.1 Å². The van der Waals surface area contributed by atoms with Gasteiger partial charge in [0, 0.05) is 12.4 Å². The van der Waals surface area contributed by atoms with Crippen molar-refractivity contribution in [3.05, 3.63) is 63.6 Å². The summed E-state index contributed by atoms with van der Waals surface area (Å²) in [6, 6.07) is 12.2. The lowest BCUT2D eigenvalue weighted by Crippen LogP contribution is -2.25. The van der Waals surface area contributed by atoms with Crippen LogP contribution in [0.4, 0.5) is 0 Å². The summed E-state index contributed by atoms with van der Waals surface area (Å²) in [6.45, 7) is 3.81. The highest BCUT2D eigenvalue weighted by Crippen LogP contribution is 2.24. The van der Waals surface area contributed by atoms with Crippen LogP contribution in [0, 0.1) is 6.92 Å². The number of carbonyl (C=O) groups excluding carboxylic acids is 1. The molecular weight excluding hydrogens is 404 g/mol. The third kappa shape index (κ3) is 5.07. The standard InChI is InChI=1S/C21H24N4O2S2/c1-15-9-11-28-19(15)20(26)22-12-18-23-24-21(29-14-17-8-5-10-27-17)25(18)13-16-6-3-2-4-7-16/h2-4,6-7,9,11,17H,5,8,10,12-14H2,1H3,(H,22,26). The Morgan fingerprint density at radius 3 is 2.90 bits per heavy atom. The van der Waals surface area contributed by atoms with E-state index in [4.69, 9.17) is 4.74 Å². The zero-order valence-corrected chi connectivity index (χ0v) is 18.0. The van der Waals surface area contributed by atoms with Crippen molar-refractivity contribution in [1.29, 1.82) is 0 Å². The summed E-state index contributed by atoms with van der Waals surface area (Å²) in [7, 11) is 0. The van der Waals surface area contributed by atoms with Crippen molar-refractivity contribution < 1.29 is 9.53 Å². The van der Waals surface area contributed by atoms with E-state index in [1.54, 1.807) is 11.8 Å². The molecule has 1 atom stereocenters. The number of nitrogens with one attached hydrogen (secondary N) is 1. The van der Waals surface area contributed by atoms with E-state index >= 15 is 0 Å². The maximum Gasteiger partial charge on any atom is 0.261 e. The summed E-state index contributed by atoms with van der Waals surface area (Å²) in [5.74, 6) is 1.56. The highest BCUT2D eigenvalue weighted by atomic mass is 32.2. The van der Waals surface area contributed by atoms with Gasteiger partial charge in [0.2, 0.25) is 0 Å². The molecule has 6 nitrogen and oxygen atoms in total. The second-order valence-corrected chi connectivity index (χ2v) is 8.94. The molecule has 1 aliphatic rings. The number of thioether (sulfide) groups is 1. The van der Waals surface area contributed by atoms with Gasteiger partial charge in [-0.25, -0.2) is 0 Å². The molecule has 2 aromatic heterocycles. The molecule has 0 saturated carbocycles. The summed E-state index contributed by atoms with van der Waals surface area (Å²) in [5, 5.41) is 14.6. The van der Waals surface area contributed by atoms with Crippen molar-refractivity contribution in [2.45, 2.75) is 44.1 Å². The van der Waals surface area contributed by atoms with E-state index in [0.717, 1.165) is 46.6 Å². The Morgan fingerprint density at radius 1 is 1.31 bits per heavy atom. The molecule has 1 fully saturated rings. The number of hydrogen-bond donors (Lipinski definition) is 1. The molecule has 1 N–H and O–H groups in total. The lowest BCUT2D eigenvalue weighted by Gasteiger charge is -2.12. The van der Waals surface area contributed by atoms with E-state index in [2.05, 4.69) is 32.2 Å². The summed E-state index contributed by atoms with van der Waals surface area (Å²) < 4.78 is 7.83. The largest absolute Gasteiger partial charge is 0.377 e. The molecule has 4 rings (SSSR count). The highest BCUT2D eigenvalue weighted by Gasteiger charge is 2.20. The molecule has 0 aliphatic carbocycles. The lowest BCUT2D eigenvalue weighted by molar-refractivity contribution is 0.0953. The van der Waals surface area contributed by atoms with Crippen LogP contribution in [0.25, 0.3) is 0 Å². The molecule has 1 saturated heterocycles. The van der Waals surface area contributed by atoms with Gasteiger partial charge in [0.15, 0.2) is 11.0 Å². The van der Waals surface area contributed by atoms with E-state index in [1.165, 1.54) is 16.9 Å². The maximum absolute atomic E-state index is 12.5. The number of hydrogen-bond acceptors (Lipinski definition) is 6. The van der Waals surface area contributed by atoms with Crippen molar-refractivity contribution in [1.82, 2.24) is 20.1 Å². The topological polar surface area (TPSA) is 69.0 Å².